The second-order valence-corrected chi connectivity index (χ2v) is 8.70. The van der Waals surface area contributed by atoms with Gasteiger partial charge in [-0.2, -0.15) is 0 Å². The van der Waals surface area contributed by atoms with E-state index >= 15 is 0 Å². The van der Waals surface area contributed by atoms with Gasteiger partial charge in [0.2, 0.25) is 0 Å². The van der Waals surface area contributed by atoms with Gasteiger partial charge >= 0.3 is 6.03 Å². The average molecular weight is 442 g/mol. The summed E-state index contributed by atoms with van der Waals surface area (Å²) in [7, 11) is 0. The molecule has 2 fully saturated rings. The summed E-state index contributed by atoms with van der Waals surface area (Å²) >= 11 is 5.82. The number of anilines is 2. The number of hydrogen-bond acceptors (Lipinski definition) is 4. The zero-order chi connectivity index (χ0) is 21.6. The van der Waals surface area contributed by atoms with Gasteiger partial charge in [0.25, 0.3) is 5.91 Å². The van der Waals surface area contributed by atoms with Crippen LogP contribution in [-0.2, 0) is 0 Å². The highest BCUT2D eigenvalue weighted by molar-refractivity contribution is 6.30. The highest BCUT2D eigenvalue weighted by atomic mass is 35.5. The van der Waals surface area contributed by atoms with E-state index in [1.807, 2.05) is 0 Å². The van der Waals surface area contributed by atoms with Crippen LogP contribution in [0.25, 0.3) is 0 Å². The molecule has 3 N–H and O–H groups in total. The number of rotatable bonds is 5. The Labute approximate surface area is 187 Å². The molecular formula is C23H28ClN5O2. The molecule has 1 saturated heterocycles. The van der Waals surface area contributed by atoms with Gasteiger partial charge in [-0.1, -0.05) is 36.9 Å². The van der Waals surface area contributed by atoms with E-state index in [-0.39, 0.29) is 18.0 Å². The molecule has 1 aliphatic carbocycles. The van der Waals surface area contributed by atoms with Crippen LogP contribution in [-0.4, -0.2) is 47.0 Å². The van der Waals surface area contributed by atoms with Gasteiger partial charge in [-0.25, -0.2) is 9.78 Å². The van der Waals surface area contributed by atoms with Crippen LogP contribution in [0, 0.1) is 0 Å². The Balaban J connectivity index is 1.28. The normalized spacial score (nSPS) is 19.7. The van der Waals surface area contributed by atoms with E-state index in [1.54, 1.807) is 36.4 Å². The van der Waals surface area contributed by atoms with E-state index in [4.69, 9.17) is 11.6 Å². The third kappa shape index (κ3) is 5.95. The first kappa shape index (κ1) is 21.6. The van der Waals surface area contributed by atoms with E-state index in [1.165, 1.54) is 38.3 Å². The molecule has 31 heavy (non-hydrogen) atoms. The predicted octanol–water partition coefficient (Wildman–Crippen LogP) is 4.52. The lowest BCUT2D eigenvalue weighted by atomic mass is 9.94. The first-order valence-corrected chi connectivity index (χ1v) is 11.3. The number of nitrogens with one attached hydrogen (secondary N) is 3. The molecule has 2 aliphatic rings. The van der Waals surface area contributed by atoms with E-state index in [9.17, 15) is 9.59 Å². The zero-order valence-electron chi connectivity index (χ0n) is 17.4. The van der Waals surface area contributed by atoms with E-state index in [0.29, 0.717) is 28.1 Å². The molecule has 1 atom stereocenters. The summed E-state index contributed by atoms with van der Waals surface area (Å²) in [5.41, 5.74) is 0.996. The summed E-state index contributed by atoms with van der Waals surface area (Å²) in [6, 6.07) is 10.7. The monoisotopic (exact) mass is 441 g/mol. The number of hydrogen-bond donors (Lipinski definition) is 3. The predicted molar refractivity (Wildman–Crippen MR) is 123 cm³/mol. The molecular weight excluding hydrogens is 414 g/mol. The largest absolute Gasteiger partial charge is 0.334 e. The molecule has 1 aliphatic heterocycles. The van der Waals surface area contributed by atoms with Crippen LogP contribution >= 0.6 is 11.6 Å². The Hall–Kier alpha value is -2.64. The first-order chi connectivity index (χ1) is 15.1. The van der Waals surface area contributed by atoms with Crippen molar-refractivity contribution >= 4 is 35.0 Å². The van der Waals surface area contributed by atoms with Gasteiger partial charge < -0.3 is 16.0 Å². The molecule has 8 heteroatoms. The topological polar surface area (TPSA) is 86.4 Å². The molecule has 164 valence electrons. The molecule has 7 nitrogen and oxygen atoms in total. The fourth-order valence-corrected chi connectivity index (χ4v) is 4.52. The Morgan fingerprint density at radius 2 is 1.87 bits per heavy atom. The Morgan fingerprint density at radius 3 is 2.65 bits per heavy atom. The lowest BCUT2D eigenvalue weighted by molar-refractivity contribution is 0.102. The Kier molecular flexibility index (Phi) is 7.04. The van der Waals surface area contributed by atoms with Crippen LogP contribution in [0.5, 0.6) is 0 Å². The van der Waals surface area contributed by atoms with Crippen molar-refractivity contribution in [2.24, 2.45) is 0 Å². The first-order valence-electron chi connectivity index (χ1n) is 10.9. The van der Waals surface area contributed by atoms with Crippen LogP contribution < -0.4 is 16.0 Å². The summed E-state index contributed by atoms with van der Waals surface area (Å²) < 4.78 is 0. The zero-order valence-corrected chi connectivity index (χ0v) is 18.2. The third-order valence-electron chi connectivity index (χ3n) is 6.00. The van der Waals surface area contributed by atoms with Gasteiger partial charge in [0.1, 0.15) is 5.82 Å². The molecule has 1 aromatic heterocycles. The highest BCUT2D eigenvalue weighted by Gasteiger charge is 2.29. The van der Waals surface area contributed by atoms with E-state index in [0.717, 1.165) is 19.5 Å². The third-order valence-corrected chi connectivity index (χ3v) is 6.22. The maximum absolute atomic E-state index is 12.5. The van der Waals surface area contributed by atoms with Gasteiger partial charge in [0.15, 0.2) is 0 Å². The second-order valence-electron chi connectivity index (χ2n) is 8.27. The number of benzene rings is 1. The number of nitrogens with zero attached hydrogens (tertiary/aromatic N) is 2. The smallest absolute Gasteiger partial charge is 0.319 e. The average Bonchev–Trinajstić information content (AvgIpc) is 3.24. The van der Waals surface area contributed by atoms with Crippen LogP contribution in [0.2, 0.25) is 5.02 Å². The maximum atomic E-state index is 12.5. The lowest BCUT2D eigenvalue weighted by Crippen LogP contribution is -2.42. The van der Waals surface area contributed by atoms with Gasteiger partial charge in [-0.3, -0.25) is 9.69 Å². The number of likely N-dealkylation sites (tertiary alicyclic amines) is 1. The number of aromatic nitrogens is 1. The lowest BCUT2D eigenvalue weighted by Gasteiger charge is -2.31. The Bertz CT molecular complexity index is 914. The molecule has 0 radical (unpaired) electrons. The van der Waals surface area contributed by atoms with Crippen molar-refractivity contribution in [1.29, 1.82) is 0 Å². The molecule has 4 rings (SSSR count). The van der Waals surface area contributed by atoms with Crippen molar-refractivity contribution in [2.45, 2.75) is 50.6 Å². The van der Waals surface area contributed by atoms with Crippen molar-refractivity contribution in [1.82, 2.24) is 15.2 Å². The Morgan fingerprint density at radius 1 is 1.03 bits per heavy atom. The molecule has 3 amide bonds. The summed E-state index contributed by atoms with van der Waals surface area (Å²) in [6.45, 7) is 1.96. The number of carbonyl (C=O) groups is 2. The van der Waals surface area contributed by atoms with Crippen molar-refractivity contribution in [2.75, 3.05) is 23.7 Å². The number of pyridine rings is 1. The van der Waals surface area contributed by atoms with Gasteiger partial charge in [0.05, 0.1) is 5.02 Å². The number of carbonyl (C=O) groups excluding carboxylic acids is 2. The molecule has 2 aromatic rings. The fourth-order valence-electron chi connectivity index (χ4n) is 4.41. The minimum Gasteiger partial charge on any atom is -0.334 e. The van der Waals surface area contributed by atoms with Crippen molar-refractivity contribution in [3.05, 3.63) is 53.2 Å². The number of urea groups is 1. The van der Waals surface area contributed by atoms with Gasteiger partial charge in [0, 0.05) is 42.6 Å². The summed E-state index contributed by atoms with van der Waals surface area (Å²) in [6.07, 6.45) is 8.98. The minimum absolute atomic E-state index is 0.157. The number of amides is 3. The van der Waals surface area contributed by atoms with Gasteiger partial charge in [-0.15, -0.1) is 0 Å². The SMILES string of the molecule is O=C(Nc1cccc(C(=O)Nc2ccc(Cl)cn2)c1)NC1CCN(C2CCCCC2)C1. The summed E-state index contributed by atoms with van der Waals surface area (Å²) in [5.74, 6) is 0.104. The standard InChI is InChI=1S/C23H28ClN5O2/c24-17-9-10-21(25-14-17)28-22(30)16-5-4-6-18(13-16)26-23(31)27-19-11-12-29(15-19)20-7-2-1-3-8-20/h4-6,9-10,13-14,19-20H,1-3,7-8,11-12,15H2,(H,25,28,30)(H2,26,27,31). The van der Waals surface area contributed by atoms with Crippen LogP contribution in [0.15, 0.2) is 42.6 Å². The second kappa shape index (κ2) is 10.1. The van der Waals surface area contributed by atoms with Crippen LogP contribution in [0.3, 0.4) is 0 Å². The molecule has 2 heterocycles. The maximum Gasteiger partial charge on any atom is 0.319 e. The molecule has 1 saturated carbocycles. The number of halogens is 1. The molecule has 0 spiro atoms. The van der Waals surface area contributed by atoms with Crippen molar-refractivity contribution in [3.63, 3.8) is 0 Å². The van der Waals surface area contributed by atoms with Crippen molar-refractivity contribution < 1.29 is 9.59 Å². The van der Waals surface area contributed by atoms with Crippen molar-refractivity contribution in [3.8, 4) is 0 Å². The highest BCUT2D eigenvalue weighted by Crippen LogP contribution is 2.25. The summed E-state index contributed by atoms with van der Waals surface area (Å²) in [4.78, 5) is 31.6. The summed E-state index contributed by atoms with van der Waals surface area (Å²) in [5, 5.41) is 9.14. The minimum atomic E-state index is -0.308. The van der Waals surface area contributed by atoms with E-state index < -0.39 is 0 Å². The molecule has 1 aromatic carbocycles. The van der Waals surface area contributed by atoms with Crippen LogP contribution in [0.4, 0.5) is 16.3 Å². The van der Waals surface area contributed by atoms with Crippen LogP contribution in [0.1, 0.15) is 48.9 Å². The van der Waals surface area contributed by atoms with E-state index in [2.05, 4.69) is 25.8 Å². The molecule has 1 unspecified atom stereocenters. The fraction of sp³-hybridized carbons (Fsp3) is 0.435. The quantitative estimate of drug-likeness (QED) is 0.636. The van der Waals surface area contributed by atoms with Gasteiger partial charge in [-0.05, 0) is 49.6 Å². The molecule has 0 bridgehead atoms.